The largest absolute Gasteiger partial charge is 0.361 e. The lowest BCUT2D eigenvalue weighted by molar-refractivity contribution is 0.0737. The number of nitrogens with zero attached hydrogens (tertiary/aromatic N) is 2. The fourth-order valence-corrected chi connectivity index (χ4v) is 3.67. The van der Waals surface area contributed by atoms with Crippen molar-refractivity contribution in [3.8, 4) is 0 Å². The second-order valence-electron chi connectivity index (χ2n) is 4.30. The highest BCUT2D eigenvalue weighted by atomic mass is 32.2. The Morgan fingerprint density at radius 2 is 2.29 bits per heavy atom. The zero-order valence-electron chi connectivity index (χ0n) is 9.71. The number of aryl methyl sites for hydroxylation is 1. The molecule has 17 heavy (non-hydrogen) atoms. The van der Waals surface area contributed by atoms with Gasteiger partial charge in [-0.1, -0.05) is 5.16 Å². The maximum atomic E-state index is 12.0. The molecule has 7 heteroatoms. The molecule has 1 fully saturated rings. The molecule has 1 amide bonds. The van der Waals surface area contributed by atoms with Gasteiger partial charge in [-0.2, -0.15) is 0 Å². The Bertz CT molecular complexity index is 534. The third kappa shape index (κ3) is 2.49. The van der Waals surface area contributed by atoms with Crippen molar-refractivity contribution in [2.45, 2.75) is 19.4 Å². The van der Waals surface area contributed by atoms with Gasteiger partial charge in [-0.3, -0.25) is 4.79 Å². The van der Waals surface area contributed by atoms with Crippen LogP contribution in [-0.2, 0) is 9.84 Å². The lowest BCUT2D eigenvalue weighted by Crippen LogP contribution is -2.37. The van der Waals surface area contributed by atoms with Crippen molar-refractivity contribution in [3.63, 3.8) is 0 Å². The Morgan fingerprint density at radius 3 is 2.76 bits per heavy atom. The summed E-state index contributed by atoms with van der Waals surface area (Å²) in [5.74, 6) is 0.434. The molecule has 0 bridgehead atoms. The van der Waals surface area contributed by atoms with Crippen LogP contribution in [0.1, 0.15) is 22.7 Å². The molecule has 1 aliphatic heterocycles. The van der Waals surface area contributed by atoms with Gasteiger partial charge >= 0.3 is 0 Å². The number of aromatic nitrogens is 1. The fourth-order valence-electron chi connectivity index (χ4n) is 1.89. The summed E-state index contributed by atoms with van der Waals surface area (Å²) in [5, 5.41) is 3.63. The van der Waals surface area contributed by atoms with Crippen LogP contribution in [0.2, 0.25) is 0 Å². The Hall–Kier alpha value is -1.37. The fraction of sp³-hybridized carbons (Fsp3) is 0.600. The Balaban J connectivity index is 2.11. The van der Waals surface area contributed by atoms with E-state index in [9.17, 15) is 13.2 Å². The second kappa shape index (κ2) is 4.14. The van der Waals surface area contributed by atoms with E-state index in [0.29, 0.717) is 12.2 Å². The molecule has 0 radical (unpaired) electrons. The molecule has 0 spiro atoms. The molecule has 2 heterocycles. The van der Waals surface area contributed by atoms with Crippen LogP contribution in [0, 0.1) is 6.92 Å². The van der Waals surface area contributed by atoms with Gasteiger partial charge in [0, 0.05) is 19.2 Å². The quantitative estimate of drug-likeness (QED) is 0.759. The van der Waals surface area contributed by atoms with Crippen molar-refractivity contribution in [2.75, 3.05) is 18.6 Å². The molecule has 1 aliphatic rings. The molecule has 1 aromatic rings. The lowest BCUT2D eigenvalue weighted by Gasteiger charge is -2.21. The third-order valence-electron chi connectivity index (χ3n) is 2.92. The van der Waals surface area contributed by atoms with Gasteiger partial charge in [-0.15, -0.1) is 0 Å². The first-order valence-electron chi connectivity index (χ1n) is 5.30. The summed E-state index contributed by atoms with van der Waals surface area (Å²) >= 11 is 0. The maximum absolute atomic E-state index is 12.0. The average molecular weight is 258 g/mol. The molecule has 1 atom stereocenters. The third-order valence-corrected chi connectivity index (χ3v) is 4.67. The van der Waals surface area contributed by atoms with Gasteiger partial charge in [0.15, 0.2) is 15.5 Å². The maximum Gasteiger partial charge on any atom is 0.276 e. The highest BCUT2D eigenvalue weighted by Crippen LogP contribution is 2.18. The van der Waals surface area contributed by atoms with Gasteiger partial charge in [-0.05, 0) is 13.3 Å². The minimum atomic E-state index is -2.99. The average Bonchev–Trinajstić information content (AvgIpc) is 2.82. The molecule has 1 saturated heterocycles. The lowest BCUT2D eigenvalue weighted by atomic mass is 10.2. The van der Waals surface area contributed by atoms with Gasteiger partial charge in [0.1, 0.15) is 5.76 Å². The second-order valence-corrected chi connectivity index (χ2v) is 6.52. The van der Waals surface area contributed by atoms with Crippen LogP contribution >= 0.6 is 0 Å². The van der Waals surface area contributed by atoms with Gasteiger partial charge in [0.25, 0.3) is 5.91 Å². The Morgan fingerprint density at radius 1 is 1.59 bits per heavy atom. The number of hydrogen-bond donors (Lipinski definition) is 0. The van der Waals surface area contributed by atoms with E-state index in [1.165, 1.54) is 4.90 Å². The number of carbonyl (C=O) groups excluding carboxylic acids is 1. The van der Waals surface area contributed by atoms with E-state index in [2.05, 4.69) is 5.16 Å². The number of sulfone groups is 1. The molecular formula is C10H14N2O4S. The number of amides is 1. The van der Waals surface area contributed by atoms with Crippen molar-refractivity contribution in [2.24, 2.45) is 0 Å². The van der Waals surface area contributed by atoms with Crippen molar-refractivity contribution < 1.29 is 17.7 Å². The van der Waals surface area contributed by atoms with Crippen LogP contribution in [0.15, 0.2) is 10.6 Å². The van der Waals surface area contributed by atoms with Gasteiger partial charge < -0.3 is 9.42 Å². The van der Waals surface area contributed by atoms with E-state index in [4.69, 9.17) is 4.52 Å². The molecule has 0 unspecified atom stereocenters. The molecule has 2 rings (SSSR count). The van der Waals surface area contributed by atoms with E-state index in [1.807, 2.05) is 0 Å². The first-order chi connectivity index (χ1) is 7.89. The van der Waals surface area contributed by atoms with E-state index < -0.39 is 9.84 Å². The van der Waals surface area contributed by atoms with Crippen molar-refractivity contribution >= 4 is 15.7 Å². The zero-order valence-corrected chi connectivity index (χ0v) is 10.5. The van der Waals surface area contributed by atoms with E-state index in [1.54, 1.807) is 20.0 Å². The Kier molecular flexibility index (Phi) is 2.94. The van der Waals surface area contributed by atoms with Crippen LogP contribution in [0.5, 0.6) is 0 Å². The predicted molar refractivity (Wildman–Crippen MR) is 60.4 cm³/mol. The molecule has 0 aromatic carbocycles. The van der Waals surface area contributed by atoms with Crippen molar-refractivity contribution in [1.82, 2.24) is 10.1 Å². The smallest absolute Gasteiger partial charge is 0.276 e. The zero-order chi connectivity index (χ0) is 12.6. The predicted octanol–water partition coefficient (Wildman–Crippen LogP) is 0.242. The van der Waals surface area contributed by atoms with Crippen LogP contribution < -0.4 is 0 Å². The van der Waals surface area contributed by atoms with Crippen LogP contribution in [-0.4, -0.2) is 49.0 Å². The van der Waals surface area contributed by atoms with Gasteiger partial charge in [-0.25, -0.2) is 8.42 Å². The first-order valence-corrected chi connectivity index (χ1v) is 7.12. The highest BCUT2D eigenvalue weighted by Gasteiger charge is 2.33. The molecule has 6 nitrogen and oxygen atoms in total. The van der Waals surface area contributed by atoms with E-state index in [-0.39, 0.29) is 29.1 Å². The van der Waals surface area contributed by atoms with E-state index in [0.717, 1.165) is 0 Å². The molecule has 0 aliphatic carbocycles. The van der Waals surface area contributed by atoms with Crippen LogP contribution in [0.4, 0.5) is 0 Å². The summed E-state index contributed by atoms with van der Waals surface area (Å²) in [6.45, 7) is 1.70. The van der Waals surface area contributed by atoms with Gasteiger partial charge in [0.05, 0.1) is 11.5 Å². The summed E-state index contributed by atoms with van der Waals surface area (Å²) < 4.78 is 27.5. The first kappa shape index (κ1) is 12.1. The molecular weight excluding hydrogens is 244 g/mol. The minimum Gasteiger partial charge on any atom is -0.361 e. The summed E-state index contributed by atoms with van der Waals surface area (Å²) in [6.07, 6.45) is 0.488. The Labute approximate surface area is 99.5 Å². The van der Waals surface area contributed by atoms with Crippen LogP contribution in [0.3, 0.4) is 0 Å². The van der Waals surface area contributed by atoms with E-state index >= 15 is 0 Å². The molecule has 0 N–H and O–H groups in total. The summed E-state index contributed by atoms with van der Waals surface area (Å²) in [6, 6.07) is 1.28. The normalized spacial score (nSPS) is 22.6. The molecule has 1 aromatic heterocycles. The summed E-state index contributed by atoms with van der Waals surface area (Å²) in [4.78, 5) is 13.4. The minimum absolute atomic E-state index is 0.0338. The standard InChI is InChI=1S/C10H14N2O4S/c1-7-5-9(11-16-7)10(13)12(2)8-3-4-17(14,15)6-8/h5,8H,3-4,6H2,1-2H3/t8-/m0/s1. The van der Waals surface area contributed by atoms with Crippen molar-refractivity contribution in [1.29, 1.82) is 0 Å². The number of hydrogen-bond acceptors (Lipinski definition) is 5. The summed E-state index contributed by atoms with van der Waals surface area (Å²) in [7, 11) is -1.39. The van der Waals surface area contributed by atoms with Crippen molar-refractivity contribution in [3.05, 3.63) is 17.5 Å². The monoisotopic (exact) mass is 258 g/mol. The topological polar surface area (TPSA) is 80.5 Å². The van der Waals surface area contributed by atoms with Crippen LogP contribution in [0.25, 0.3) is 0 Å². The number of carbonyl (C=O) groups is 1. The molecule has 94 valence electrons. The highest BCUT2D eigenvalue weighted by molar-refractivity contribution is 7.91. The summed E-state index contributed by atoms with van der Waals surface area (Å²) in [5.41, 5.74) is 0.217. The SMILES string of the molecule is Cc1cc(C(=O)N(C)[C@H]2CCS(=O)(=O)C2)no1. The molecule has 0 saturated carbocycles. The van der Waals surface area contributed by atoms with Gasteiger partial charge in [0.2, 0.25) is 0 Å². The number of rotatable bonds is 2.